The first-order chi connectivity index (χ1) is 11.7. The van der Waals surface area contributed by atoms with Crippen molar-refractivity contribution in [2.75, 3.05) is 11.9 Å². The minimum atomic E-state index is -0.833. The fraction of sp³-hybridized carbons (Fsp3) is 0.312. The van der Waals surface area contributed by atoms with Crippen LogP contribution in [0.15, 0.2) is 12.1 Å². The van der Waals surface area contributed by atoms with E-state index >= 15 is 0 Å². The number of aliphatic carboxylic acids is 1. The van der Waals surface area contributed by atoms with Crippen molar-refractivity contribution in [1.82, 2.24) is 10.2 Å². The second-order valence-electron chi connectivity index (χ2n) is 5.02. The maximum atomic E-state index is 9.00. The molecule has 0 spiro atoms. The summed E-state index contributed by atoms with van der Waals surface area (Å²) in [4.78, 5) is 9.00. The topological polar surface area (TPSA) is 111 Å². The number of amidine groups is 1. The van der Waals surface area contributed by atoms with Gasteiger partial charge in [0.1, 0.15) is 11.6 Å². The molecule has 25 heavy (non-hydrogen) atoms. The van der Waals surface area contributed by atoms with Crippen molar-refractivity contribution in [2.45, 2.75) is 27.7 Å². The summed E-state index contributed by atoms with van der Waals surface area (Å²) in [6.07, 6.45) is 0. The largest absolute Gasteiger partial charge is 0.494 e. The molecule has 1 aromatic carbocycles. The van der Waals surface area contributed by atoms with Crippen LogP contribution in [-0.2, 0) is 4.79 Å². The van der Waals surface area contributed by atoms with Gasteiger partial charge in [0, 0.05) is 18.1 Å². The van der Waals surface area contributed by atoms with Crippen LogP contribution in [0.25, 0.3) is 11.1 Å². The highest BCUT2D eigenvalue weighted by atomic mass is 35.5. The van der Waals surface area contributed by atoms with Crippen molar-refractivity contribution in [3.63, 3.8) is 0 Å². The van der Waals surface area contributed by atoms with Gasteiger partial charge in [0.15, 0.2) is 0 Å². The van der Waals surface area contributed by atoms with Gasteiger partial charge in [-0.2, -0.15) is 5.10 Å². The Kier molecular flexibility index (Phi) is 7.73. The number of benzene rings is 1. The van der Waals surface area contributed by atoms with Gasteiger partial charge in [-0.3, -0.25) is 15.3 Å². The Balaban J connectivity index is 0.000000705. The number of rotatable bonds is 4. The molecule has 1 aromatic heterocycles. The number of carboxylic acid groups (broad SMARTS) is 1. The van der Waals surface area contributed by atoms with Crippen LogP contribution in [0.3, 0.4) is 0 Å². The Labute approximate surface area is 155 Å². The highest BCUT2D eigenvalue weighted by molar-refractivity contribution is 6.39. The third-order valence-electron chi connectivity index (χ3n) is 2.84. The number of carboxylic acids is 1. The molecule has 0 fully saturated rings. The van der Waals surface area contributed by atoms with Crippen LogP contribution in [0.1, 0.15) is 26.5 Å². The minimum absolute atomic E-state index is 0.290. The molecule has 9 heteroatoms. The van der Waals surface area contributed by atoms with Crippen molar-refractivity contribution < 1.29 is 14.6 Å². The molecule has 0 bridgehead atoms. The predicted octanol–water partition coefficient (Wildman–Crippen LogP) is 4.59. The summed E-state index contributed by atoms with van der Waals surface area (Å²) >= 11 is 12.7. The van der Waals surface area contributed by atoms with Crippen molar-refractivity contribution in [3.05, 3.63) is 27.9 Å². The quantitative estimate of drug-likeness (QED) is 0.453. The molecule has 0 atom stereocenters. The van der Waals surface area contributed by atoms with Gasteiger partial charge in [-0.25, -0.2) is 0 Å². The molecular formula is C16H20Cl2N4O3. The summed E-state index contributed by atoms with van der Waals surface area (Å²) in [6, 6.07) is 3.44. The van der Waals surface area contributed by atoms with Gasteiger partial charge < -0.3 is 15.2 Å². The molecule has 0 amide bonds. The van der Waals surface area contributed by atoms with Gasteiger partial charge in [0.25, 0.3) is 5.97 Å². The molecule has 136 valence electrons. The van der Waals surface area contributed by atoms with E-state index < -0.39 is 5.97 Å². The van der Waals surface area contributed by atoms with E-state index in [4.69, 9.17) is 43.2 Å². The molecule has 2 rings (SSSR count). The summed E-state index contributed by atoms with van der Waals surface area (Å²) in [7, 11) is 0. The maximum absolute atomic E-state index is 9.00. The van der Waals surface area contributed by atoms with Gasteiger partial charge >= 0.3 is 0 Å². The molecule has 0 saturated carbocycles. The molecule has 7 nitrogen and oxygen atoms in total. The number of aryl methyl sites for hydroxylation is 1. The zero-order chi connectivity index (χ0) is 19.1. The molecule has 0 aliphatic heterocycles. The van der Waals surface area contributed by atoms with E-state index in [9.17, 15) is 0 Å². The van der Waals surface area contributed by atoms with Crippen LogP contribution in [-0.4, -0.2) is 33.7 Å². The zero-order valence-corrected chi connectivity index (χ0v) is 15.8. The lowest BCUT2D eigenvalue weighted by Gasteiger charge is -2.12. The summed E-state index contributed by atoms with van der Waals surface area (Å²) in [5.74, 6) is 0.668. The highest BCUT2D eigenvalue weighted by Gasteiger charge is 2.19. The van der Waals surface area contributed by atoms with Gasteiger partial charge in [-0.15, -0.1) is 0 Å². The number of anilines is 1. The second kappa shape index (κ2) is 9.29. The smallest absolute Gasteiger partial charge is 0.300 e. The minimum Gasteiger partial charge on any atom is -0.494 e. The molecule has 0 saturated heterocycles. The lowest BCUT2D eigenvalue weighted by atomic mass is 10.1. The van der Waals surface area contributed by atoms with E-state index in [1.807, 2.05) is 13.8 Å². The Bertz CT molecular complexity index is 748. The molecule has 1 heterocycles. The van der Waals surface area contributed by atoms with Gasteiger partial charge in [-0.05, 0) is 32.9 Å². The van der Waals surface area contributed by atoms with E-state index in [2.05, 4.69) is 15.5 Å². The molecule has 0 aliphatic carbocycles. The van der Waals surface area contributed by atoms with Crippen molar-refractivity contribution >= 4 is 40.8 Å². The van der Waals surface area contributed by atoms with E-state index in [1.54, 1.807) is 19.1 Å². The van der Waals surface area contributed by atoms with Gasteiger partial charge in [0.05, 0.1) is 28.2 Å². The lowest BCUT2D eigenvalue weighted by Crippen LogP contribution is -2.06. The number of aromatic nitrogens is 2. The maximum Gasteiger partial charge on any atom is 0.300 e. The SMILES string of the molecule is CC(=O)O.CCOc1cc(Cl)c(-c2c(C)n[nH]c2NC(C)=N)c(Cl)c1. The lowest BCUT2D eigenvalue weighted by molar-refractivity contribution is -0.134. The Morgan fingerprint density at radius 3 is 2.28 bits per heavy atom. The van der Waals surface area contributed by atoms with Crippen LogP contribution < -0.4 is 10.1 Å². The first kappa shape index (κ1) is 20.8. The van der Waals surface area contributed by atoms with E-state index in [0.29, 0.717) is 33.8 Å². The highest BCUT2D eigenvalue weighted by Crippen LogP contribution is 2.42. The number of hydrogen-bond donors (Lipinski definition) is 4. The third-order valence-corrected chi connectivity index (χ3v) is 3.43. The molecule has 2 aromatic rings. The van der Waals surface area contributed by atoms with E-state index in [-0.39, 0.29) is 5.84 Å². The summed E-state index contributed by atoms with van der Waals surface area (Å²) in [6.45, 7) is 7.00. The predicted molar refractivity (Wildman–Crippen MR) is 100 cm³/mol. The fourth-order valence-electron chi connectivity index (χ4n) is 2.06. The molecule has 4 N–H and O–H groups in total. The van der Waals surface area contributed by atoms with Crippen molar-refractivity contribution in [1.29, 1.82) is 5.41 Å². The number of H-pyrrole nitrogens is 1. The average Bonchev–Trinajstić information content (AvgIpc) is 2.79. The van der Waals surface area contributed by atoms with Crippen LogP contribution in [0.5, 0.6) is 5.75 Å². The first-order valence-electron chi connectivity index (χ1n) is 7.36. The molecular weight excluding hydrogens is 367 g/mol. The van der Waals surface area contributed by atoms with Crippen LogP contribution in [0.2, 0.25) is 10.0 Å². The van der Waals surface area contributed by atoms with Crippen molar-refractivity contribution in [3.8, 4) is 16.9 Å². The zero-order valence-electron chi connectivity index (χ0n) is 14.3. The molecule has 0 unspecified atom stereocenters. The molecule has 0 aliphatic rings. The third kappa shape index (κ3) is 5.95. The van der Waals surface area contributed by atoms with Crippen LogP contribution in [0.4, 0.5) is 5.82 Å². The Hall–Kier alpha value is -2.25. The number of aromatic amines is 1. The number of ether oxygens (including phenoxy) is 1. The van der Waals surface area contributed by atoms with Crippen molar-refractivity contribution in [2.24, 2.45) is 0 Å². The van der Waals surface area contributed by atoms with Crippen LogP contribution in [0, 0.1) is 12.3 Å². The summed E-state index contributed by atoms with van der Waals surface area (Å²) in [5.41, 5.74) is 2.16. The number of carbonyl (C=O) groups is 1. The van der Waals surface area contributed by atoms with Gasteiger partial charge in [-0.1, -0.05) is 23.2 Å². The average molecular weight is 387 g/mol. The van der Waals surface area contributed by atoms with E-state index in [0.717, 1.165) is 18.2 Å². The number of hydrogen-bond acceptors (Lipinski definition) is 4. The number of halogens is 2. The van der Waals surface area contributed by atoms with Gasteiger partial charge in [0.2, 0.25) is 0 Å². The fourth-order valence-corrected chi connectivity index (χ4v) is 2.71. The second-order valence-corrected chi connectivity index (χ2v) is 5.84. The molecule has 0 radical (unpaired) electrons. The number of nitrogens with zero attached hydrogens (tertiary/aromatic N) is 1. The van der Waals surface area contributed by atoms with E-state index in [1.165, 1.54) is 0 Å². The summed E-state index contributed by atoms with van der Waals surface area (Å²) < 4.78 is 5.42. The Morgan fingerprint density at radius 2 is 1.84 bits per heavy atom. The summed E-state index contributed by atoms with van der Waals surface area (Å²) in [5, 5.41) is 25.8. The first-order valence-corrected chi connectivity index (χ1v) is 8.11. The monoisotopic (exact) mass is 386 g/mol. The van der Waals surface area contributed by atoms with Crippen LogP contribution >= 0.6 is 23.2 Å². The standard InChI is InChI=1S/C14H16Cl2N4O.C2H4O2/c1-4-21-9-5-10(15)13(11(16)6-9)12-7(2)19-20-14(12)18-8(3)17;1-2(3)4/h5-6H,4H2,1-3H3,(H3,17,18,19,20);1H3,(H,3,4). The normalized spacial score (nSPS) is 9.84. The Morgan fingerprint density at radius 1 is 1.32 bits per heavy atom. The number of nitrogens with one attached hydrogen (secondary N) is 3.